The molecule has 63 heavy (non-hydrogen) atoms. The molecule has 1 atom stereocenters. The molecule has 1 unspecified atom stereocenters. The summed E-state index contributed by atoms with van der Waals surface area (Å²) in [6.45, 7) is 6.58. The first kappa shape index (κ1) is 60.4. The minimum Gasteiger partial charge on any atom is -0.462 e. The molecule has 0 aliphatic heterocycles. The molecule has 0 amide bonds. The van der Waals surface area contributed by atoms with Crippen LogP contribution in [0.3, 0.4) is 0 Å². The number of allylic oxidation sites excluding steroid dienone is 8. The lowest BCUT2D eigenvalue weighted by Crippen LogP contribution is -2.30. The Balaban J connectivity index is 4.42. The van der Waals surface area contributed by atoms with Gasteiger partial charge in [0.2, 0.25) is 0 Å². The normalized spacial score (nSPS) is 12.4. The number of rotatable bonds is 49. The first-order valence-electron chi connectivity index (χ1n) is 27.2. The van der Waals surface area contributed by atoms with E-state index in [0.29, 0.717) is 19.3 Å². The lowest BCUT2D eigenvalue weighted by Gasteiger charge is -2.18. The topological polar surface area (TPSA) is 78.9 Å². The molecular weight excluding hydrogens is 781 g/mol. The van der Waals surface area contributed by atoms with Gasteiger partial charge in [-0.25, -0.2) is 0 Å². The molecule has 0 fully saturated rings. The Morgan fingerprint density at radius 2 is 0.651 bits per heavy atom. The summed E-state index contributed by atoms with van der Waals surface area (Å²) in [5.41, 5.74) is 0. The summed E-state index contributed by atoms with van der Waals surface area (Å²) in [5.74, 6) is -0.969. The number of hydrogen-bond acceptors (Lipinski definition) is 6. The van der Waals surface area contributed by atoms with Crippen molar-refractivity contribution in [1.82, 2.24) is 0 Å². The summed E-state index contributed by atoms with van der Waals surface area (Å²) in [6.07, 6.45) is 62.5. The van der Waals surface area contributed by atoms with Gasteiger partial charge in [-0.3, -0.25) is 14.4 Å². The maximum atomic E-state index is 12.8. The molecule has 0 N–H and O–H groups in total. The van der Waals surface area contributed by atoms with E-state index < -0.39 is 6.10 Å². The van der Waals surface area contributed by atoms with Crippen LogP contribution in [0.25, 0.3) is 0 Å². The highest BCUT2D eigenvalue weighted by Gasteiger charge is 2.19. The fourth-order valence-corrected chi connectivity index (χ4v) is 7.72. The molecule has 0 aromatic carbocycles. The monoisotopic (exact) mass is 883 g/mol. The Bertz CT molecular complexity index is 1110. The lowest BCUT2D eigenvalue weighted by atomic mass is 10.0. The predicted molar refractivity (Wildman–Crippen MR) is 270 cm³/mol. The van der Waals surface area contributed by atoms with E-state index in [1.807, 2.05) is 6.08 Å². The zero-order valence-electron chi connectivity index (χ0n) is 41.8. The summed E-state index contributed by atoms with van der Waals surface area (Å²) in [6, 6.07) is 0. The third-order valence-electron chi connectivity index (χ3n) is 11.8. The summed E-state index contributed by atoms with van der Waals surface area (Å²) in [4.78, 5) is 38.0. The second-order valence-electron chi connectivity index (χ2n) is 18.2. The zero-order valence-corrected chi connectivity index (χ0v) is 41.8. The Labute approximate surface area is 390 Å². The first-order chi connectivity index (χ1) is 31.0. The van der Waals surface area contributed by atoms with Crippen LogP contribution in [0.4, 0.5) is 0 Å². The van der Waals surface area contributed by atoms with Gasteiger partial charge < -0.3 is 14.2 Å². The number of carbonyl (C=O) groups excluding carboxylic acids is 3. The van der Waals surface area contributed by atoms with Crippen molar-refractivity contribution in [3.05, 3.63) is 48.6 Å². The van der Waals surface area contributed by atoms with E-state index >= 15 is 0 Å². The van der Waals surface area contributed by atoms with Crippen molar-refractivity contribution in [3.8, 4) is 0 Å². The molecule has 6 nitrogen and oxygen atoms in total. The highest BCUT2D eigenvalue weighted by atomic mass is 16.6. The fraction of sp³-hybridized carbons (Fsp3) is 0.807. The van der Waals surface area contributed by atoms with E-state index in [-0.39, 0.29) is 37.5 Å². The molecule has 0 aliphatic rings. The van der Waals surface area contributed by atoms with Gasteiger partial charge in [0.15, 0.2) is 6.10 Å². The maximum absolute atomic E-state index is 12.8. The van der Waals surface area contributed by atoms with Gasteiger partial charge in [0, 0.05) is 19.3 Å². The third-order valence-corrected chi connectivity index (χ3v) is 11.8. The van der Waals surface area contributed by atoms with Crippen LogP contribution in [0.1, 0.15) is 278 Å². The number of carbonyl (C=O) groups is 3. The van der Waals surface area contributed by atoms with Gasteiger partial charge in [-0.05, 0) is 64.2 Å². The largest absolute Gasteiger partial charge is 0.462 e. The van der Waals surface area contributed by atoms with Gasteiger partial charge in [0.05, 0.1) is 0 Å². The Kier molecular flexibility index (Phi) is 49.8. The van der Waals surface area contributed by atoms with Crippen molar-refractivity contribution >= 4 is 17.9 Å². The average molecular weight is 883 g/mol. The van der Waals surface area contributed by atoms with Crippen LogP contribution < -0.4 is 0 Å². The molecule has 0 spiro atoms. The van der Waals surface area contributed by atoms with Gasteiger partial charge in [-0.1, -0.05) is 243 Å². The standard InChI is InChI=1S/C57H102O6/c1-4-7-10-13-16-19-22-25-27-28-29-30-33-35-38-41-44-47-50-56(59)62-53-54(52-61-55(58)49-46-43-40-37-34-31-24-21-18-15-12-9-6-3)63-57(60)51-48-45-42-39-36-32-26-23-20-17-14-11-8-5-2/h27-31,34,40,43,54H,4-26,32-33,35-39,41-42,44-53H2,1-3H3/b28-27-,30-29-,34-31-,43-40-. The third kappa shape index (κ3) is 50.2. The molecule has 0 bridgehead atoms. The van der Waals surface area contributed by atoms with Crippen LogP contribution in [0, 0.1) is 0 Å². The van der Waals surface area contributed by atoms with Gasteiger partial charge in [0.1, 0.15) is 13.2 Å². The number of esters is 3. The fourth-order valence-electron chi connectivity index (χ4n) is 7.72. The summed E-state index contributed by atoms with van der Waals surface area (Å²) in [7, 11) is 0. The molecule has 0 aromatic heterocycles. The lowest BCUT2D eigenvalue weighted by molar-refractivity contribution is -0.166. The van der Waals surface area contributed by atoms with E-state index in [0.717, 1.165) is 70.6 Å². The van der Waals surface area contributed by atoms with Gasteiger partial charge >= 0.3 is 17.9 Å². The van der Waals surface area contributed by atoms with E-state index in [4.69, 9.17) is 14.2 Å². The average Bonchev–Trinajstić information content (AvgIpc) is 3.28. The zero-order chi connectivity index (χ0) is 45.8. The molecular formula is C57H102O6. The molecule has 0 saturated carbocycles. The van der Waals surface area contributed by atoms with Crippen molar-refractivity contribution in [3.63, 3.8) is 0 Å². The molecule has 0 aliphatic carbocycles. The summed E-state index contributed by atoms with van der Waals surface area (Å²) >= 11 is 0. The molecule has 6 heteroatoms. The van der Waals surface area contributed by atoms with Crippen molar-refractivity contribution in [1.29, 1.82) is 0 Å². The Morgan fingerprint density at radius 1 is 0.333 bits per heavy atom. The number of hydrogen-bond donors (Lipinski definition) is 0. The van der Waals surface area contributed by atoms with Crippen LogP contribution >= 0.6 is 0 Å². The molecule has 0 heterocycles. The highest BCUT2D eigenvalue weighted by Crippen LogP contribution is 2.15. The minimum atomic E-state index is -0.799. The Hall–Kier alpha value is -2.63. The second kappa shape index (κ2) is 52.0. The Morgan fingerprint density at radius 3 is 1.06 bits per heavy atom. The minimum absolute atomic E-state index is 0.0958. The van der Waals surface area contributed by atoms with Crippen LogP contribution in [0.5, 0.6) is 0 Å². The molecule has 0 radical (unpaired) electrons. The van der Waals surface area contributed by atoms with E-state index in [1.165, 1.54) is 161 Å². The van der Waals surface area contributed by atoms with E-state index in [9.17, 15) is 14.4 Å². The first-order valence-corrected chi connectivity index (χ1v) is 27.2. The van der Waals surface area contributed by atoms with Crippen LogP contribution in [-0.4, -0.2) is 37.2 Å². The van der Waals surface area contributed by atoms with Crippen molar-refractivity contribution in [2.75, 3.05) is 13.2 Å². The number of ether oxygens (including phenoxy) is 3. The quantitative estimate of drug-likeness (QED) is 0.0199. The van der Waals surface area contributed by atoms with Gasteiger partial charge in [-0.2, -0.15) is 0 Å². The molecule has 0 aromatic rings. The van der Waals surface area contributed by atoms with Crippen LogP contribution in [0.2, 0.25) is 0 Å². The van der Waals surface area contributed by atoms with Crippen molar-refractivity contribution in [2.45, 2.75) is 284 Å². The maximum Gasteiger partial charge on any atom is 0.306 e. The SMILES string of the molecule is CCCCCCCC/C=C\C/C=C\CCC(=O)OCC(COC(=O)CCCCCCC/C=C\C=C/CCCCCCCCC)OC(=O)CCCCCCCCCCCCCCCC. The smallest absolute Gasteiger partial charge is 0.306 e. The van der Waals surface area contributed by atoms with E-state index in [1.54, 1.807) is 0 Å². The molecule has 0 rings (SSSR count). The summed E-state index contributed by atoms with van der Waals surface area (Å²) < 4.78 is 16.8. The van der Waals surface area contributed by atoms with Gasteiger partial charge in [-0.15, -0.1) is 0 Å². The second-order valence-corrected chi connectivity index (χ2v) is 18.2. The molecule has 366 valence electrons. The number of unbranched alkanes of at least 4 members (excludes halogenated alkanes) is 31. The van der Waals surface area contributed by atoms with Crippen LogP contribution in [0.15, 0.2) is 48.6 Å². The van der Waals surface area contributed by atoms with Crippen molar-refractivity contribution < 1.29 is 28.6 Å². The molecule has 0 saturated heterocycles. The van der Waals surface area contributed by atoms with E-state index in [2.05, 4.69) is 63.3 Å². The van der Waals surface area contributed by atoms with Gasteiger partial charge in [0.25, 0.3) is 0 Å². The summed E-state index contributed by atoms with van der Waals surface area (Å²) in [5, 5.41) is 0. The van der Waals surface area contributed by atoms with Crippen molar-refractivity contribution in [2.24, 2.45) is 0 Å². The van der Waals surface area contributed by atoms with Crippen LogP contribution in [-0.2, 0) is 28.6 Å². The highest BCUT2D eigenvalue weighted by molar-refractivity contribution is 5.71. The predicted octanol–water partition coefficient (Wildman–Crippen LogP) is 17.9.